The van der Waals surface area contributed by atoms with E-state index in [2.05, 4.69) is 26.0 Å². The quantitative estimate of drug-likeness (QED) is 0.448. The minimum Gasteiger partial charge on any atom is -0.469 e. The molecule has 0 aliphatic heterocycles. The van der Waals surface area contributed by atoms with E-state index in [1.54, 1.807) is 6.92 Å². The number of rotatable bonds is 5. The topological polar surface area (TPSA) is 55.4 Å². The second kappa shape index (κ2) is 6.88. The summed E-state index contributed by atoms with van der Waals surface area (Å²) < 4.78 is 4.44. The number of halogens is 1. The Labute approximate surface area is 86.1 Å². The van der Waals surface area contributed by atoms with E-state index < -0.39 is 0 Å². The fourth-order valence-electron chi connectivity index (χ4n) is 0.687. The monoisotopic (exact) mass is 251 g/mol. The molecule has 0 aromatic carbocycles. The molecule has 1 atom stereocenters. The van der Waals surface area contributed by atoms with Crippen molar-refractivity contribution in [2.24, 2.45) is 0 Å². The van der Waals surface area contributed by atoms with Gasteiger partial charge >= 0.3 is 5.97 Å². The lowest BCUT2D eigenvalue weighted by molar-refractivity contribution is -0.140. The number of esters is 1. The number of amides is 1. The van der Waals surface area contributed by atoms with Gasteiger partial charge in [-0.25, -0.2) is 0 Å². The molecule has 0 rings (SSSR count). The maximum absolute atomic E-state index is 11.0. The molecule has 0 aliphatic rings. The molecule has 4 nitrogen and oxygen atoms in total. The highest BCUT2D eigenvalue weighted by Crippen LogP contribution is 1.96. The number of methoxy groups -OCH3 is 1. The Morgan fingerprint density at radius 2 is 2.15 bits per heavy atom. The Balaban J connectivity index is 3.36. The summed E-state index contributed by atoms with van der Waals surface area (Å²) in [5.74, 6) is -0.314. The number of carbonyl (C=O) groups excluding carboxylic acids is 2. The van der Waals surface area contributed by atoms with E-state index in [-0.39, 0.29) is 16.7 Å². The highest BCUT2D eigenvalue weighted by Gasteiger charge is 2.07. The van der Waals surface area contributed by atoms with Crippen molar-refractivity contribution in [3.05, 3.63) is 0 Å². The van der Waals surface area contributed by atoms with Crippen molar-refractivity contribution in [2.45, 2.75) is 24.6 Å². The van der Waals surface area contributed by atoms with Gasteiger partial charge in [-0.1, -0.05) is 15.9 Å². The molecule has 76 valence electrons. The largest absolute Gasteiger partial charge is 0.469 e. The molecule has 0 saturated carbocycles. The molecule has 0 radical (unpaired) electrons. The van der Waals surface area contributed by atoms with Crippen LogP contribution >= 0.6 is 15.9 Å². The molecule has 0 aromatic heterocycles. The van der Waals surface area contributed by atoms with Crippen LogP contribution in [0.5, 0.6) is 0 Å². The van der Waals surface area contributed by atoms with Crippen molar-refractivity contribution in [2.75, 3.05) is 13.7 Å². The molecule has 1 N–H and O–H groups in total. The second-order valence-corrected chi connectivity index (χ2v) is 3.96. The number of hydrogen-bond donors (Lipinski definition) is 1. The highest BCUT2D eigenvalue weighted by atomic mass is 79.9. The number of hydrogen-bond acceptors (Lipinski definition) is 3. The van der Waals surface area contributed by atoms with Crippen molar-refractivity contribution in [1.29, 1.82) is 0 Å². The average Bonchev–Trinajstić information content (AvgIpc) is 2.11. The first-order valence-corrected chi connectivity index (χ1v) is 4.98. The molecule has 0 aliphatic carbocycles. The molecule has 0 bridgehead atoms. The van der Waals surface area contributed by atoms with Gasteiger partial charge in [0, 0.05) is 13.0 Å². The van der Waals surface area contributed by atoms with Crippen molar-refractivity contribution < 1.29 is 14.3 Å². The van der Waals surface area contributed by atoms with Gasteiger partial charge in [0.15, 0.2) is 0 Å². The van der Waals surface area contributed by atoms with Crippen LogP contribution in [0, 0.1) is 0 Å². The molecule has 5 heteroatoms. The summed E-state index contributed by atoms with van der Waals surface area (Å²) in [6.45, 7) is 2.25. The maximum Gasteiger partial charge on any atom is 0.305 e. The third kappa shape index (κ3) is 6.57. The van der Waals surface area contributed by atoms with Crippen molar-refractivity contribution in [3.63, 3.8) is 0 Å². The van der Waals surface area contributed by atoms with E-state index in [1.165, 1.54) is 7.11 Å². The van der Waals surface area contributed by atoms with E-state index in [0.717, 1.165) is 0 Å². The van der Waals surface area contributed by atoms with Crippen molar-refractivity contribution >= 4 is 27.8 Å². The summed E-state index contributed by atoms with van der Waals surface area (Å²) >= 11 is 3.13. The van der Waals surface area contributed by atoms with Gasteiger partial charge in [0.25, 0.3) is 0 Å². The Bertz CT molecular complexity index is 182. The number of ether oxygens (including phenoxy) is 1. The summed E-state index contributed by atoms with van der Waals surface area (Å²) in [7, 11) is 1.35. The van der Waals surface area contributed by atoms with Crippen LogP contribution in [0.25, 0.3) is 0 Å². The second-order valence-electron chi connectivity index (χ2n) is 2.59. The standard InChI is InChI=1S/C8H14BrNO3/c1-6(9)8(12)10-5-3-4-7(11)13-2/h6H,3-5H2,1-2H3,(H,10,12). The molecule has 13 heavy (non-hydrogen) atoms. The van der Waals surface area contributed by atoms with Crippen LogP contribution in [-0.4, -0.2) is 30.4 Å². The molecule has 1 unspecified atom stereocenters. The summed E-state index contributed by atoms with van der Waals surface area (Å²) in [6, 6.07) is 0. The maximum atomic E-state index is 11.0. The van der Waals surface area contributed by atoms with Gasteiger partial charge < -0.3 is 10.1 Å². The minimum atomic E-state index is -0.249. The van der Waals surface area contributed by atoms with E-state index in [0.29, 0.717) is 19.4 Å². The lowest BCUT2D eigenvalue weighted by Gasteiger charge is -2.05. The molecule has 1 amide bonds. The SMILES string of the molecule is COC(=O)CCCNC(=O)C(C)Br. The minimum absolute atomic E-state index is 0.0649. The van der Waals surface area contributed by atoms with Crippen LogP contribution < -0.4 is 5.32 Å². The van der Waals surface area contributed by atoms with Crippen LogP contribution in [-0.2, 0) is 14.3 Å². The lowest BCUT2D eigenvalue weighted by Crippen LogP contribution is -2.30. The van der Waals surface area contributed by atoms with Crippen molar-refractivity contribution in [3.8, 4) is 0 Å². The van der Waals surface area contributed by atoms with Crippen LogP contribution in [0.15, 0.2) is 0 Å². The predicted molar refractivity (Wildman–Crippen MR) is 52.6 cm³/mol. The van der Waals surface area contributed by atoms with Gasteiger partial charge in [-0.15, -0.1) is 0 Å². The Morgan fingerprint density at radius 1 is 1.54 bits per heavy atom. The molecule has 0 spiro atoms. The van der Waals surface area contributed by atoms with E-state index in [9.17, 15) is 9.59 Å². The van der Waals surface area contributed by atoms with Gasteiger partial charge in [-0.05, 0) is 13.3 Å². The molecule has 0 aromatic rings. The molecular weight excluding hydrogens is 238 g/mol. The molecule has 0 saturated heterocycles. The summed E-state index contributed by atoms with van der Waals surface area (Å²) in [6.07, 6.45) is 0.950. The van der Waals surface area contributed by atoms with Crippen molar-refractivity contribution in [1.82, 2.24) is 5.32 Å². The zero-order chi connectivity index (χ0) is 10.3. The van der Waals surface area contributed by atoms with Crippen LogP contribution in [0.3, 0.4) is 0 Å². The third-order valence-corrected chi connectivity index (χ3v) is 1.86. The normalized spacial score (nSPS) is 11.9. The Kier molecular flexibility index (Phi) is 6.58. The van der Waals surface area contributed by atoms with E-state index >= 15 is 0 Å². The van der Waals surface area contributed by atoms with Gasteiger partial charge in [-0.3, -0.25) is 9.59 Å². The predicted octanol–water partition coefficient (Wildman–Crippen LogP) is 0.839. The summed E-state index contributed by atoms with van der Waals surface area (Å²) in [4.78, 5) is 21.4. The Morgan fingerprint density at radius 3 is 2.62 bits per heavy atom. The smallest absolute Gasteiger partial charge is 0.305 e. The molecule has 0 heterocycles. The first kappa shape index (κ1) is 12.4. The van der Waals surface area contributed by atoms with E-state index in [4.69, 9.17) is 0 Å². The van der Waals surface area contributed by atoms with E-state index in [1.807, 2.05) is 0 Å². The zero-order valence-electron chi connectivity index (χ0n) is 7.80. The summed E-state index contributed by atoms with van der Waals surface area (Å²) in [5, 5.41) is 2.67. The lowest BCUT2D eigenvalue weighted by atomic mass is 10.3. The van der Waals surface area contributed by atoms with Gasteiger partial charge in [0.05, 0.1) is 11.9 Å². The van der Waals surface area contributed by atoms with Gasteiger partial charge in [-0.2, -0.15) is 0 Å². The number of nitrogens with one attached hydrogen (secondary N) is 1. The third-order valence-electron chi connectivity index (χ3n) is 1.45. The molecule has 0 fully saturated rings. The fraction of sp³-hybridized carbons (Fsp3) is 0.750. The van der Waals surface area contributed by atoms with Crippen LogP contribution in [0.1, 0.15) is 19.8 Å². The average molecular weight is 252 g/mol. The molecular formula is C8H14BrNO3. The first-order valence-electron chi connectivity index (χ1n) is 4.06. The van der Waals surface area contributed by atoms with Crippen LogP contribution in [0.2, 0.25) is 0 Å². The first-order chi connectivity index (χ1) is 6.07. The van der Waals surface area contributed by atoms with Gasteiger partial charge in [0.1, 0.15) is 0 Å². The van der Waals surface area contributed by atoms with Gasteiger partial charge in [0.2, 0.25) is 5.91 Å². The zero-order valence-corrected chi connectivity index (χ0v) is 9.39. The number of alkyl halides is 1. The summed E-state index contributed by atoms with van der Waals surface area (Å²) in [5.41, 5.74) is 0. The Hall–Kier alpha value is -0.580. The number of carbonyl (C=O) groups is 2. The van der Waals surface area contributed by atoms with Crippen LogP contribution in [0.4, 0.5) is 0 Å². The fourth-order valence-corrected chi connectivity index (χ4v) is 0.849. The highest BCUT2D eigenvalue weighted by molar-refractivity contribution is 9.10.